The van der Waals surface area contributed by atoms with Crippen LogP contribution in [0.15, 0.2) is 0 Å². The minimum absolute atomic E-state index is 0.495. The summed E-state index contributed by atoms with van der Waals surface area (Å²) in [4.78, 5) is 2.41. The van der Waals surface area contributed by atoms with E-state index >= 15 is 0 Å². The van der Waals surface area contributed by atoms with Gasteiger partial charge >= 0.3 is 0 Å². The third-order valence-corrected chi connectivity index (χ3v) is 2.86. The van der Waals surface area contributed by atoms with E-state index in [1.807, 2.05) is 6.92 Å². The van der Waals surface area contributed by atoms with Gasteiger partial charge in [-0.3, -0.25) is 0 Å². The van der Waals surface area contributed by atoms with Gasteiger partial charge in [0, 0.05) is 6.54 Å². The van der Waals surface area contributed by atoms with Crippen LogP contribution < -0.4 is 0 Å². The molecule has 0 spiro atoms. The lowest BCUT2D eigenvalue weighted by Gasteiger charge is -2.34. The summed E-state index contributed by atoms with van der Waals surface area (Å²) < 4.78 is 0. The van der Waals surface area contributed by atoms with Gasteiger partial charge in [-0.15, -0.1) is 0 Å². The fraction of sp³-hybridized carbons (Fsp3) is 1.00. The van der Waals surface area contributed by atoms with Gasteiger partial charge < -0.3 is 10.0 Å². The molecule has 1 rings (SSSR count). The molecule has 84 valence electrons. The Morgan fingerprint density at radius 3 is 2.29 bits per heavy atom. The lowest BCUT2D eigenvalue weighted by Crippen LogP contribution is -2.43. The summed E-state index contributed by atoms with van der Waals surface area (Å²) in [5.74, 6) is 0.579. The molecule has 1 aliphatic rings. The Labute approximate surface area is 88.3 Å². The third kappa shape index (κ3) is 4.43. The van der Waals surface area contributed by atoms with Crippen molar-refractivity contribution < 1.29 is 5.11 Å². The Kier molecular flexibility index (Phi) is 4.39. The van der Waals surface area contributed by atoms with Gasteiger partial charge in [0.05, 0.1) is 5.60 Å². The van der Waals surface area contributed by atoms with E-state index in [1.165, 1.54) is 32.4 Å². The van der Waals surface area contributed by atoms with E-state index < -0.39 is 5.60 Å². The van der Waals surface area contributed by atoms with Gasteiger partial charge in [-0.05, 0) is 45.2 Å². The number of aliphatic hydroxyl groups is 1. The average molecular weight is 199 g/mol. The van der Waals surface area contributed by atoms with Crippen LogP contribution in [0.4, 0.5) is 0 Å². The molecule has 0 aromatic heterocycles. The summed E-state index contributed by atoms with van der Waals surface area (Å²) in [6, 6.07) is 0. The first-order valence-electron chi connectivity index (χ1n) is 5.94. The number of likely N-dealkylation sites (tertiary alicyclic amines) is 1. The van der Waals surface area contributed by atoms with Crippen LogP contribution in [0.25, 0.3) is 0 Å². The van der Waals surface area contributed by atoms with Crippen molar-refractivity contribution in [1.29, 1.82) is 0 Å². The summed E-state index contributed by atoms with van der Waals surface area (Å²) >= 11 is 0. The van der Waals surface area contributed by atoms with Crippen LogP contribution in [-0.4, -0.2) is 35.2 Å². The Balaban J connectivity index is 2.32. The predicted molar refractivity (Wildman–Crippen MR) is 60.4 cm³/mol. The standard InChI is InChI=1S/C12H25NO/c1-11(2)9-12(3,14)10-13-7-5-4-6-8-13/h11,14H,4-10H2,1-3H3. The molecule has 1 atom stereocenters. The monoisotopic (exact) mass is 199 g/mol. The van der Waals surface area contributed by atoms with Crippen LogP contribution >= 0.6 is 0 Å². The molecule has 0 aromatic rings. The number of β-amino-alcohol motifs (C(OH)–C–C–N with tert-alkyl or cyclic N) is 1. The zero-order chi connectivity index (χ0) is 10.6. The Bertz CT molecular complexity index is 160. The minimum Gasteiger partial charge on any atom is -0.389 e. The number of hydrogen-bond donors (Lipinski definition) is 1. The maximum atomic E-state index is 10.2. The lowest BCUT2D eigenvalue weighted by atomic mass is 9.93. The van der Waals surface area contributed by atoms with Gasteiger partial charge in [-0.25, -0.2) is 0 Å². The lowest BCUT2D eigenvalue weighted by molar-refractivity contribution is -0.00184. The van der Waals surface area contributed by atoms with Crippen LogP contribution in [0.1, 0.15) is 46.5 Å². The molecule has 0 bridgehead atoms. The zero-order valence-corrected chi connectivity index (χ0v) is 9.92. The van der Waals surface area contributed by atoms with Gasteiger partial charge in [0.25, 0.3) is 0 Å². The second kappa shape index (κ2) is 5.13. The van der Waals surface area contributed by atoms with Gasteiger partial charge in [0.2, 0.25) is 0 Å². The van der Waals surface area contributed by atoms with Crippen molar-refractivity contribution in [2.24, 2.45) is 5.92 Å². The summed E-state index contributed by atoms with van der Waals surface area (Å²) in [5, 5.41) is 10.2. The maximum absolute atomic E-state index is 10.2. The van der Waals surface area contributed by atoms with E-state index in [0.29, 0.717) is 5.92 Å². The van der Waals surface area contributed by atoms with Crippen molar-refractivity contribution in [3.05, 3.63) is 0 Å². The molecule has 1 fully saturated rings. The molecule has 0 amide bonds. The van der Waals surface area contributed by atoms with Crippen molar-refractivity contribution in [3.8, 4) is 0 Å². The fourth-order valence-corrected chi connectivity index (χ4v) is 2.54. The van der Waals surface area contributed by atoms with Crippen LogP contribution in [0.2, 0.25) is 0 Å². The average Bonchev–Trinajstić information content (AvgIpc) is 2.02. The van der Waals surface area contributed by atoms with Crippen molar-refractivity contribution in [2.75, 3.05) is 19.6 Å². The van der Waals surface area contributed by atoms with E-state index in [4.69, 9.17) is 0 Å². The second-order valence-corrected chi connectivity index (χ2v) is 5.43. The number of piperidine rings is 1. The van der Waals surface area contributed by atoms with Gasteiger partial charge in [0.15, 0.2) is 0 Å². The fourth-order valence-electron chi connectivity index (χ4n) is 2.54. The second-order valence-electron chi connectivity index (χ2n) is 5.43. The molecule has 14 heavy (non-hydrogen) atoms. The SMILES string of the molecule is CC(C)CC(C)(O)CN1CCCCC1. The Morgan fingerprint density at radius 2 is 1.79 bits per heavy atom. The zero-order valence-electron chi connectivity index (χ0n) is 9.92. The number of nitrogens with zero attached hydrogens (tertiary/aromatic N) is 1. The quantitative estimate of drug-likeness (QED) is 0.751. The largest absolute Gasteiger partial charge is 0.389 e. The first-order valence-corrected chi connectivity index (χ1v) is 5.94. The highest BCUT2D eigenvalue weighted by molar-refractivity contribution is 4.80. The number of rotatable bonds is 4. The molecule has 1 saturated heterocycles. The molecule has 0 aliphatic carbocycles. The summed E-state index contributed by atoms with van der Waals surface area (Å²) in [5.41, 5.74) is -0.495. The van der Waals surface area contributed by atoms with Gasteiger partial charge in [0.1, 0.15) is 0 Å². The highest BCUT2D eigenvalue weighted by atomic mass is 16.3. The molecule has 2 heteroatoms. The molecule has 0 aromatic carbocycles. The third-order valence-electron chi connectivity index (χ3n) is 2.86. The molecule has 1 unspecified atom stereocenters. The van der Waals surface area contributed by atoms with Crippen molar-refractivity contribution in [3.63, 3.8) is 0 Å². The smallest absolute Gasteiger partial charge is 0.0748 e. The van der Waals surface area contributed by atoms with E-state index in [9.17, 15) is 5.11 Å². The van der Waals surface area contributed by atoms with Crippen molar-refractivity contribution in [1.82, 2.24) is 4.90 Å². The summed E-state index contributed by atoms with van der Waals surface area (Å²) in [7, 11) is 0. The highest BCUT2D eigenvalue weighted by Crippen LogP contribution is 2.19. The van der Waals surface area contributed by atoms with E-state index in [1.54, 1.807) is 0 Å². The predicted octanol–water partition coefficient (Wildman–Crippen LogP) is 2.27. The molecule has 1 N–H and O–H groups in total. The first kappa shape index (κ1) is 12.0. The minimum atomic E-state index is -0.495. The molecular weight excluding hydrogens is 174 g/mol. The van der Waals surface area contributed by atoms with Crippen molar-refractivity contribution >= 4 is 0 Å². The molecule has 0 saturated carbocycles. The number of hydrogen-bond acceptors (Lipinski definition) is 2. The van der Waals surface area contributed by atoms with Crippen LogP contribution in [0, 0.1) is 5.92 Å². The first-order chi connectivity index (χ1) is 6.49. The summed E-state index contributed by atoms with van der Waals surface area (Å²) in [6.45, 7) is 9.52. The molecular formula is C12H25NO. The molecule has 1 aliphatic heterocycles. The molecule has 0 radical (unpaired) electrons. The van der Waals surface area contributed by atoms with Gasteiger partial charge in [-0.1, -0.05) is 20.3 Å². The van der Waals surface area contributed by atoms with Crippen LogP contribution in [0.5, 0.6) is 0 Å². The molecule has 2 nitrogen and oxygen atoms in total. The topological polar surface area (TPSA) is 23.5 Å². The van der Waals surface area contributed by atoms with Crippen LogP contribution in [-0.2, 0) is 0 Å². The van der Waals surface area contributed by atoms with Crippen LogP contribution in [0.3, 0.4) is 0 Å². The Morgan fingerprint density at radius 1 is 1.21 bits per heavy atom. The maximum Gasteiger partial charge on any atom is 0.0748 e. The van der Waals surface area contributed by atoms with Gasteiger partial charge in [-0.2, -0.15) is 0 Å². The van der Waals surface area contributed by atoms with E-state index in [0.717, 1.165) is 13.0 Å². The van der Waals surface area contributed by atoms with Crippen molar-refractivity contribution in [2.45, 2.75) is 52.1 Å². The highest BCUT2D eigenvalue weighted by Gasteiger charge is 2.25. The van der Waals surface area contributed by atoms with E-state index in [2.05, 4.69) is 18.7 Å². The normalized spacial score (nSPS) is 23.8. The Hall–Kier alpha value is -0.0800. The molecule has 1 heterocycles. The summed E-state index contributed by atoms with van der Waals surface area (Å²) in [6.07, 6.45) is 4.88. The van der Waals surface area contributed by atoms with E-state index in [-0.39, 0.29) is 0 Å².